The lowest BCUT2D eigenvalue weighted by molar-refractivity contribution is -0.110. The molecule has 0 aromatic heterocycles. The lowest BCUT2D eigenvalue weighted by Crippen LogP contribution is -2.26. The fraction of sp³-hybridized carbons (Fsp3) is 0.103. The number of fused-ring (bicyclic) bond motifs is 1. The molecule has 240 valence electrons. The molecule has 5 aromatic rings. The van der Waals surface area contributed by atoms with Gasteiger partial charge in [0.2, 0.25) is 0 Å². The topological polar surface area (TPSA) is 111 Å². The normalized spacial score (nSPS) is 13.5. The van der Waals surface area contributed by atoms with E-state index in [4.69, 9.17) is 11.6 Å². The van der Waals surface area contributed by atoms with Crippen molar-refractivity contribution in [2.24, 2.45) is 0 Å². The molecule has 9 heteroatoms. The molecule has 0 saturated heterocycles. The molecule has 1 aliphatic heterocycles. The molecule has 6 rings (SSSR count). The summed E-state index contributed by atoms with van der Waals surface area (Å²) in [5.41, 5.74) is 6.96. The fourth-order valence-electron chi connectivity index (χ4n) is 5.60. The van der Waals surface area contributed by atoms with E-state index in [-0.39, 0.29) is 23.9 Å². The predicted octanol–water partition coefficient (Wildman–Crippen LogP) is 8.13. The van der Waals surface area contributed by atoms with Crippen molar-refractivity contribution in [3.63, 3.8) is 0 Å². The summed E-state index contributed by atoms with van der Waals surface area (Å²) in [4.78, 5) is 39.3. The van der Waals surface area contributed by atoms with Gasteiger partial charge in [-0.05, 0) is 78.6 Å². The highest BCUT2D eigenvalue weighted by atomic mass is 35.5. The van der Waals surface area contributed by atoms with Crippen LogP contribution in [-0.2, 0) is 11.2 Å². The highest BCUT2D eigenvalue weighted by Crippen LogP contribution is 2.37. The molecule has 0 fully saturated rings. The van der Waals surface area contributed by atoms with Crippen LogP contribution < -0.4 is 26.6 Å². The molecule has 1 atom stereocenters. The Labute approximate surface area is 284 Å². The Morgan fingerprint density at radius 3 is 2.17 bits per heavy atom. The van der Waals surface area contributed by atoms with Crippen LogP contribution in [0.25, 0.3) is 11.3 Å². The summed E-state index contributed by atoms with van der Waals surface area (Å²) in [6.45, 7) is 2.44. The van der Waals surface area contributed by atoms with Crippen molar-refractivity contribution >= 4 is 57.8 Å². The van der Waals surface area contributed by atoms with Gasteiger partial charge in [-0.2, -0.15) is 0 Å². The molecule has 4 amide bonds. The second-order valence-electron chi connectivity index (χ2n) is 11.4. The van der Waals surface area contributed by atoms with Gasteiger partial charge in [0.15, 0.2) is 0 Å². The molecule has 1 aliphatic rings. The molecule has 5 aromatic carbocycles. The third-order valence-electron chi connectivity index (χ3n) is 7.97. The number of halogens is 1. The first-order chi connectivity index (χ1) is 23.3. The fourth-order valence-corrected chi connectivity index (χ4v) is 5.79. The first-order valence-electron chi connectivity index (χ1n) is 15.6. The minimum atomic E-state index is -0.378. The van der Waals surface area contributed by atoms with Gasteiger partial charge in [0.25, 0.3) is 11.8 Å². The number of anilines is 3. The quantitative estimate of drug-likeness (QED) is 0.0979. The van der Waals surface area contributed by atoms with Crippen molar-refractivity contribution in [3.8, 4) is 0 Å². The predicted molar refractivity (Wildman–Crippen MR) is 193 cm³/mol. The van der Waals surface area contributed by atoms with Gasteiger partial charge in [-0.3, -0.25) is 9.59 Å². The average molecular weight is 656 g/mol. The van der Waals surface area contributed by atoms with Gasteiger partial charge in [0.1, 0.15) is 0 Å². The maximum atomic E-state index is 13.5. The summed E-state index contributed by atoms with van der Waals surface area (Å²) in [6.07, 6.45) is 0.614. The standard InChI is InChI=1S/C39H34ClN5O3/c1-25(27-11-4-2-5-12-27)42-37(46)29-18-19-34-33(23-29)35(38(47)45-34)36(28-13-6-3-7-14-28)41-21-20-26-10-8-16-31(22-26)43-39(48)44-32-17-9-15-30(40)24-32/h2-19,22-25,41H,20-21H2,1H3,(H,42,46)(H,45,47)(H2,43,44,48)/b36-35-/t25-/m1/s1. The van der Waals surface area contributed by atoms with Crippen LogP contribution in [0.5, 0.6) is 0 Å². The van der Waals surface area contributed by atoms with Crippen LogP contribution in [0, 0.1) is 0 Å². The summed E-state index contributed by atoms with van der Waals surface area (Å²) >= 11 is 6.03. The number of nitrogens with one attached hydrogen (secondary N) is 5. The Morgan fingerprint density at radius 2 is 1.44 bits per heavy atom. The Bertz CT molecular complexity index is 2000. The summed E-state index contributed by atoms with van der Waals surface area (Å²) in [6, 6.07) is 38.7. The van der Waals surface area contributed by atoms with Crippen molar-refractivity contribution in [3.05, 3.63) is 160 Å². The summed E-state index contributed by atoms with van der Waals surface area (Å²) in [5, 5.41) is 15.7. The summed E-state index contributed by atoms with van der Waals surface area (Å²) in [5.74, 6) is -0.472. The SMILES string of the molecule is C[C@@H](NC(=O)c1ccc2c(c1)/C(=C(/NCCc1cccc(NC(=O)Nc3cccc(Cl)c3)c1)c1ccccc1)C(=O)N2)c1ccccc1. The van der Waals surface area contributed by atoms with Crippen LogP contribution in [0.15, 0.2) is 127 Å². The summed E-state index contributed by atoms with van der Waals surface area (Å²) < 4.78 is 0. The molecule has 5 N–H and O–H groups in total. The van der Waals surface area contributed by atoms with Crippen LogP contribution in [0.1, 0.15) is 45.6 Å². The molecule has 0 aliphatic carbocycles. The van der Waals surface area contributed by atoms with Crippen LogP contribution in [-0.4, -0.2) is 24.4 Å². The third kappa shape index (κ3) is 7.74. The molecule has 0 radical (unpaired) electrons. The second kappa shape index (κ2) is 14.7. The van der Waals surface area contributed by atoms with Crippen molar-refractivity contribution in [2.45, 2.75) is 19.4 Å². The zero-order valence-corrected chi connectivity index (χ0v) is 27.0. The van der Waals surface area contributed by atoms with Crippen molar-refractivity contribution < 1.29 is 14.4 Å². The Kier molecular flexibility index (Phi) is 9.83. The van der Waals surface area contributed by atoms with Crippen LogP contribution >= 0.6 is 11.6 Å². The van der Waals surface area contributed by atoms with Gasteiger partial charge in [0.05, 0.1) is 17.3 Å². The largest absolute Gasteiger partial charge is 0.384 e. The number of hydrogen-bond donors (Lipinski definition) is 5. The highest BCUT2D eigenvalue weighted by molar-refractivity contribution is 6.37. The van der Waals surface area contributed by atoms with Gasteiger partial charge in [-0.15, -0.1) is 0 Å². The zero-order valence-electron chi connectivity index (χ0n) is 26.2. The molecule has 8 nitrogen and oxygen atoms in total. The minimum Gasteiger partial charge on any atom is -0.384 e. The van der Waals surface area contributed by atoms with Gasteiger partial charge < -0.3 is 26.6 Å². The van der Waals surface area contributed by atoms with E-state index in [1.54, 1.807) is 42.5 Å². The molecular formula is C39H34ClN5O3. The average Bonchev–Trinajstić information content (AvgIpc) is 3.42. The first-order valence-corrected chi connectivity index (χ1v) is 16.0. The lowest BCUT2D eigenvalue weighted by Gasteiger charge is -2.16. The van der Waals surface area contributed by atoms with E-state index >= 15 is 0 Å². The lowest BCUT2D eigenvalue weighted by atomic mass is 9.98. The monoisotopic (exact) mass is 655 g/mol. The van der Waals surface area contributed by atoms with Crippen molar-refractivity contribution in [2.75, 3.05) is 22.5 Å². The van der Waals surface area contributed by atoms with Gasteiger partial charge in [-0.25, -0.2) is 4.79 Å². The molecule has 0 saturated carbocycles. The van der Waals surface area contributed by atoms with Crippen molar-refractivity contribution in [1.29, 1.82) is 0 Å². The molecule has 1 heterocycles. The van der Waals surface area contributed by atoms with Gasteiger partial charge in [-0.1, -0.05) is 90.5 Å². The Balaban J connectivity index is 1.19. The van der Waals surface area contributed by atoms with E-state index < -0.39 is 0 Å². The van der Waals surface area contributed by atoms with E-state index in [2.05, 4.69) is 26.6 Å². The summed E-state index contributed by atoms with van der Waals surface area (Å²) in [7, 11) is 0. The van der Waals surface area contributed by atoms with Crippen LogP contribution in [0.2, 0.25) is 5.02 Å². The second-order valence-corrected chi connectivity index (χ2v) is 11.8. The Morgan fingerprint density at radius 1 is 0.750 bits per heavy atom. The van der Waals surface area contributed by atoms with Crippen molar-refractivity contribution in [1.82, 2.24) is 10.6 Å². The van der Waals surface area contributed by atoms with E-state index in [0.717, 1.165) is 16.7 Å². The molecule has 0 spiro atoms. The number of carbonyl (C=O) groups is 3. The maximum Gasteiger partial charge on any atom is 0.323 e. The number of benzene rings is 5. The van der Waals surface area contributed by atoms with E-state index in [0.29, 0.717) is 57.4 Å². The van der Waals surface area contributed by atoms with Gasteiger partial charge in [0, 0.05) is 39.8 Å². The van der Waals surface area contributed by atoms with Crippen LogP contribution in [0.4, 0.5) is 21.9 Å². The number of rotatable bonds is 10. The minimum absolute atomic E-state index is 0.186. The van der Waals surface area contributed by atoms with E-state index in [1.807, 2.05) is 91.9 Å². The Hall–Kier alpha value is -5.86. The third-order valence-corrected chi connectivity index (χ3v) is 8.20. The maximum absolute atomic E-state index is 13.5. The number of amides is 4. The smallest absolute Gasteiger partial charge is 0.323 e. The number of urea groups is 1. The number of hydrogen-bond acceptors (Lipinski definition) is 4. The molecule has 48 heavy (non-hydrogen) atoms. The van der Waals surface area contributed by atoms with Gasteiger partial charge >= 0.3 is 6.03 Å². The van der Waals surface area contributed by atoms with Crippen LogP contribution in [0.3, 0.4) is 0 Å². The molecule has 0 unspecified atom stereocenters. The number of carbonyl (C=O) groups excluding carboxylic acids is 3. The first kappa shape index (κ1) is 32.1. The molecular weight excluding hydrogens is 622 g/mol. The van der Waals surface area contributed by atoms with E-state index in [1.165, 1.54) is 0 Å². The highest BCUT2D eigenvalue weighted by Gasteiger charge is 2.29. The molecule has 0 bridgehead atoms. The zero-order chi connectivity index (χ0) is 33.5. The van der Waals surface area contributed by atoms with E-state index in [9.17, 15) is 14.4 Å².